The molecule has 2 aromatic carbocycles. The Kier molecular flexibility index (Phi) is 9.84. The Morgan fingerprint density at radius 3 is 2.58 bits per heavy atom. The molecule has 10 heteroatoms. The molecule has 0 fully saturated rings. The van der Waals surface area contributed by atoms with Gasteiger partial charge in [-0.25, -0.2) is 9.59 Å². The molecule has 3 rings (SSSR count). The first-order chi connectivity index (χ1) is 17.2. The summed E-state index contributed by atoms with van der Waals surface area (Å²) in [6, 6.07) is 9.50. The molecule has 0 unspecified atom stereocenters. The molecule has 1 aliphatic carbocycles. The van der Waals surface area contributed by atoms with Crippen molar-refractivity contribution in [2.75, 3.05) is 25.5 Å². The van der Waals surface area contributed by atoms with E-state index < -0.39 is 23.9 Å². The van der Waals surface area contributed by atoms with Gasteiger partial charge in [0.15, 0.2) is 0 Å². The zero-order valence-corrected chi connectivity index (χ0v) is 22.1. The molecule has 8 nitrogen and oxygen atoms in total. The molecule has 3 amide bonds. The van der Waals surface area contributed by atoms with Crippen LogP contribution in [0.2, 0.25) is 10.0 Å². The molecule has 2 aromatic rings. The zero-order valence-electron chi connectivity index (χ0n) is 20.6. The van der Waals surface area contributed by atoms with Crippen molar-refractivity contribution in [3.05, 3.63) is 63.1 Å². The molecule has 0 aliphatic heterocycles. The third-order valence-corrected chi connectivity index (χ3v) is 6.76. The maximum atomic E-state index is 13.1. The third-order valence-electron chi connectivity index (χ3n) is 6.05. The molecule has 4 N–H and O–H groups in total. The second-order valence-corrected chi connectivity index (χ2v) is 9.87. The quantitative estimate of drug-likeness (QED) is 0.330. The molecule has 1 aliphatic rings. The molecule has 2 atom stereocenters. The number of carbonyl (C=O) groups excluding carboxylic acids is 3. The number of fused-ring (bicyclic) bond motifs is 1. The fourth-order valence-corrected chi connectivity index (χ4v) is 4.68. The Morgan fingerprint density at radius 2 is 1.86 bits per heavy atom. The summed E-state index contributed by atoms with van der Waals surface area (Å²) in [6.45, 7) is 4.71. The first-order valence-corrected chi connectivity index (χ1v) is 12.7. The zero-order chi connectivity index (χ0) is 26.2. The van der Waals surface area contributed by atoms with E-state index in [4.69, 9.17) is 27.9 Å². The maximum absolute atomic E-state index is 13.1. The molecule has 0 spiro atoms. The second kappa shape index (κ2) is 12.8. The van der Waals surface area contributed by atoms with Crippen molar-refractivity contribution in [2.45, 2.75) is 45.2 Å². The molecular formula is C26H32Cl2N4O4. The summed E-state index contributed by atoms with van der Waals surface area (Å²) in [5.74, 6) is -0.867. The van der Waals surface area contributed by atoms with E-state index in [1.807, 2.05) is 24.3 Å². The molecule has 194 valence electrons. The molecule has 0 bridgehead atoms. The number of amides is 3. The number of anilines is 1. The molecule has 0 heterocycles. The molecular weight excluding hydrogens is 503 g/mol. The summed E-state index contributed by atoms with van der Waals surface area (Å²) in [7, 11) is 1.20. The number of methoxy groups -OCH3 is 1. The van der Waals surface area contributed by atoms with Gasteiger partial charge in [-0.3, -0.25) is 4.79 Å². The highest BCUT2D eigenvalue weighted by atomic mass is 35.5. The minimum atomic E-state index is -1.14. The van der Waals surface area contributed by atoms with Gasteiger partial charge in [-0.15, -0.1) is 0 Å². The Hall–Kier alpha value is -2.97. The fourth-order valence-electron chi connectivity index (χ4n) is 4.07. The third kappa shape index (κ3) is 7.04. The SMILES string of the molecule is COC(=O)[C@H](CNC(=O)N[C@@H]1CCc2ccccc21)NC(=O)c1c(Cl)ccc(NCCC(C)C)c1Cl. The van der Waals surface area contributed by atoms with E-state index in [0.29, 0.717) is 18.2 Å². The van der Waals surface area contributed by atoms with Gasteiger partial charge in [-0.05, 0) is 48.4 Å². The Balaban J connectivity index is 1.64. The lowest BCUT2D eigenvalue weighted by Crippen LogP contribution is -2.51. The van der Waals surface area contributed by atoms with E-state index in [-0.39, 0.29) is 28.2 Å². The van der Waals surface area contributed by atoms with Crippen LogP contribution in [0, 0.1) is 5.92 Å². The summed E-state index contributed by atoms with van der Waals surface area (Å²) >= 11 is 12.8. The highest BCUT2D eigenvalue weighted by Crippen LogP contribution is 2.32. The van der Waals surface area contributed by atoms with E-state index >= 15 is 0 Å². The van der Waals surface area contributed by atoms with Gasteiger partial charge >= 0.3 is 12.0 Å². The van der Waals surface area contributed by atoms with Gasteiger partial charge in [0.05, 0.1) is 41.0 Å². The number of ether oxygens (including phenoxy) is 1. The van der Waals surface area contributed by atoms with Crippen LogP contribution >= 0.6 is 23.2 Å². The predicted octanol–water partition coefficient (Wildman–Crippen LogP) is 4.71. The predicted molar refractivity (Wildman–Crippen MR) is 142 cm³/mol. The second-order valence-electron chi connectivity index (χ2n) is 9.09. The van der Waals surface area contributed by atoms with Crippen LogP contribution < -0.4 is 21.3 Å². The van der Waals surface area contributed by atoms with Crippen LogP contribution in [0.15, 0.2) is 36.4 Å². The Bertz CT molecular complexity index is 1110. The van der Waals surface area contributed by atoms with Gasteiger partial charge in [0, 0.05) is 6.54 Å². The minimum Gasteiger partial charge on any atom is -0.467 e. The molecule has 0 saturated carbocycles. The number of urea groups is 1. The molecule has 0 radical (unpaired) electrons. The van der Waals surface area contributed by atoms with Crippen molar-refractivity contribution >= 4 is 46.8 Å². The van der Waals surface area contributed by atoms with Crippen molar-refractivity contribution in [1.82, 2.24) is 16.0 Å². The maximum Gasteiger partial charge on any atom is 0.330 e. The van der Waals surface area contributed by atoms with E-state index in [1.54, 1.807) is 12.1 Å². The minimum absolute atomic E-state index is 0.0359. The number of hydrogen-bond acceptors (Lipinski definition) is 5. The molecule has 0 saturated heterocycles. The van der Waals surface area contributed by atoms with Gasteiger partial charge < -0.3 is 26.0 Å². The van der Waals surface area contributed by atoms with Crippen molar-refractivity contribution in [1.29, 1.82) is 0 Å². The van der Waals surface area contributed by atoms with Crippen LogP contribution in [-0.2, 0) is 16.0 Å². The number of halogens is 2. The monoisotopic (exact) mass is 534 g/mol. The summed E-state index contributed by atoms with van der Waals surface area (Å²) < 4.78 is 4.82. The fraction of sp³-hybridized carbons (Fsp3) is 0.423. The van der Waals surface area contributed by atoms with E-state index in [2.05, 4.69) is 35.1 Å². The highest BCUT2D eigenvalue weighted by molar-refractivity contribution is 6.41. The smallest absolute Gasteiger partial charge is 0.330 e. The van der Waals surface area contributed by atoms with Gasteiger partial charge in [-0.2, -0.15) is 0 Å². The van der Waals surface area contributed by atoms with Crippen LogP contribution in [0.25, 0.3) is 0 Å². The Morgan fingerprint density at radius 1 is 1.11 bits per heavy atom. The van der Waals surface area contributed by atoms with Gasteiger partial charge in [0.25, 0.3) is 5.91 Å². The lowest BCUT2D eigenvalue weighted by molar-refractivity contribution is -0.142. The largest absolute Gasteiger partial charge is 0.467 e. The number of benzene rings is 2. The van der Waals surface area contributed by atoms with E-state index in [0.717, 1.165) is 24.8 Å². The first-order valence-electron chi connectivity index (χ1n) is 11.9. The van der Waals surface area contributed by atoms with E-state index in [1.165, 1.54) is 12.7 Å². The van der Waals surface area contributed by atoms with Crippen molar-refractivity contribution in [3.63, 3.8) is 0 Å². The van der Waals surface area contributed by atoms with E-state index in [9.17, 15) is 14.4 Å². The first kappa shape index (κ1) is 27.6. The van der Waals surface area contributed by atoms with Gasteiger partial charge in [-0.1, -0.05) is 61.3 Å². The topological polar surface area (TPSA) is 109 Å². The number of nitrogens with one attached hydrogen (secondary N) is 4. The average molecular weight is 535 g/mol. The summed E-state index contributed by atoms with van der Waals surface area (Å²) in [5, 5.41) is 11.6. The van der Waals surface area contributed by atoms with Crippen molar-refractivity contribution < 1.29 is 19.1 Å². The number of aryl methyl sites for hydroxylation is 1. The van der Waals surface area contributed by atoms with Crippen LogP contribution in [-0.4, -0.2) is 44.1 Å². The van der Waals surface area contributed by atoms with Crippen LogP contribution in [0.1, 0.15) is 54.2 Å². The lowest BCUT2D eigenvalue weighted by atomic mass is 10.1. The average Bonchev–Trinajstić information content (AvgIpc) is 3.25. The van der Waals surface area contributed by atoms with Crippen LogP contribution in [0.5, 0.6) is 0 Å². The molecule has 36 heavy (non-hydrogen) atoms. The summed E-state index contributed by atoms with van der Waals surface area (Å²) in [4.78, 5) is 38.0. The Labute approximate surface area is 221 Å². The number of carbonyl (C=O) groups is 3. The van der Waals surface area contributed by atoms with Gasteiger partial charge in [0.2, 0.25) is 0 Å². The highest BCUT2D eigenvalue weighted by Gasteiger charge is 2.27. The molecule has 0 aromatic heterocycles. The summed E-state index contributed by atoms with van der Waals surface area (Å²) in [6.07, 6.45) is 2.60. The number of esters is 1. The lowest BCUT2D eigenvalue weighted by Gasteiger charge is -2.20. The van der Waals surface area contributed by atoms with Crippen molar-refractivity contribution in [3.8, 4) is 0 Å². The van der Waals surface area contributed by atoms with Gasteiger partial charge in [0.1, 0.15) is 6.04 Å². The normalized spacial score (nSPS) is 15.1. The number of rotatable bonds is 10. The van der Waals surface area contributed by atoms with Crippen LogP contribution in [0.3, 0.4) is 0 Å². The van der Waals surface area contributed by atoms with Crippen molar-refractivity contribution in [2.24, 2.45) is 5.92 Å². The number of hydrogen-bond donors (Lipinski definition) is 4. The standard InChI is InChI=1S/C26H32Cl2N4O4/c1-15(2)12-13-29-20-11-9-18(27)22(23(20)28)24(33)31-21(25(34)36-3)14-30-26(35)32-19-10-8-16-6-4-5-7-17(16)19/h4-7,9,11,15,19,21,29H,8,10,12-14H2,1-3H3,(H,31,33)(H2,30,32,35)/t19-,21+/m1/s1. The summed E-state index contributed by atoms with van der Waals surface area (Å²) in [5.41, 5.74) is 2.89. The van der Waals surface area contributed by atoms with Crippen LogP contribution in [0.4, 0.5) is 10.5 Å².